The van der Waals surface area contributed by atoms with E-state index in [1.54, 1.807) is 12.1 Å². The van der Waals surface area contributed by atoms with Crippen LogP contribution in [0, 0.1) is 5.92 Å². The first-order chi connectivity index (χ1) is 15.8. The van der Waals surface area contributed by atoms with Gasteiger partial charge in [-0.2, -0.15) is 0 Å². The fourth-order valence-electron chi connectivity index (χ4n) is 4.96. The Morgan fingerprint density at radius 1 is 1.09 bits per heavy atom. The summed E-state index contributed by atoms with van der Waals surface area (Å²) in [6, 6.07) is 13.5. The van der Waals surface area contributed by atoms with Gasteiger partial charge < -0.3 is 15.3 Å². The molecular weight excluding hydrogens is 434 g/mol. The highest BCUT2D eigenvalue weighted by molar-refractivity contribution is 7.92. The first-order valence-electron chi connectivity index (χ1n) is 12.2. The van der Waals surface area contributed by atoms with Gasteiger partial charge in [0.25, 0.3) is 10.0 Å². The number of fused-ring (bicyclic) bond motifs is 1. The molecule has 0 radical (unpaired) electrons. The number of aliphatic hydroxyl groups is 1. The summed E-state index contributed by atoms with van der Waals surface area (Å²) in [7, 11) is -3.77. The van der Waals surface area contributed by atoms with Crippen LogP contribution in [-0.4, -0.2) is 45.7 Å². The highest BCUT2D eigenvalue weighted by Gasteiger charge is 2.32. The van der Waals surface area contributed by atoms with E-state index in [4.69, 9.17) is 0 Å². The molecule has 4 rings (SSSR count). The van der Waals surface area contributed by atoms with E-state index in [-0.39, 0.29) is 10.8 Å². The molecule has 1 fully saturated rings. The van der Waals surface area contributed by atoms with Crippen LogP contribution in [0.25, 0.3) is 0 Å². The molecule has 1 saturated heterocycles. The molecular formula is C26H37N3O3S. The van der Waals surface area contributed by atoms with E-state index in [2.05, 4.69) is 17.1 Å². The normalized spacial score (nSPS) is 19.5. The predicted octanol–water partition coefficient (Wildman–Crippen LogP) is 4.10. The molecule has 1 atom stereocenters. The Hall–Kier alpha value is -2.09. The molecule has 2 aromatic carbocycles. The summed E-state index contributed by atoms with van der Waals surface area (Å²) in [6.45, 7) is 9.32. The van der Waals surface area contributed by atoms with E-state index in [1.807, 2.05) is 44.2 Å². The van der Waals surface area contributed by atoms with Crippen LogP contribution in [-0.2, 0) is 16.4 Å². The van der Waals surface area contributed by atoms with Crippen molar-refractivity contribution in [1.29, 1.82) is 0 Å². The van der Waals surface area contributed by atoms with Crippen molar-refractivity contribution in [3.8, 4) is 0 Å². The van der Waals surface area contributed by atoms with Gasteiger partial charge in [-0.1, -0.05) is 32.9 Å². The quantitative estimate of drug-likeness (QED) is 0.636. The monoisotopic (exact) mass is 471 g/mol. The van der Waals surface area contributed by atoms with Crippen molar-refractivity contribution in [1.82, 2.24) is 5.32 Å². The van der Waals surface area contributed by atoms with Gasteiger partial charge in [0.2, 0.25) is 0 Å². The van der Waals surface area contributed by atoms with E-state index in [1.165, 1.54) is 9.87 Å². The lowest BCUT2D eigenvalue weighted by molar-refractivity contribution is 0.161. The maximum absolute atomic E-state index is 13.8. The zero-order valence-corrected chi connectivity index (χ0v) is 20.8. The number of hydrogen-bond donors (Lipinski definition) is 2. The number of sulfonamides is 1. The summed E-state index contributed by atoms with van der Waals surface area (Å²) in [5.74, 6) is 0.171. The van der Waals surface area contributed by atoms with Crippen LogP contribution in [0.2, 0.25) is 0 Å². The molecule has 2 N–H and O–H groups in total. The molecule has 6 nitrogen and oxygen atoms in total. The first kappa shape index (κ1) is 24.0. The Kier molecular flexibility index (Phi) is 7.31. The smallest absolute Gasteiger partial charge is 0.264 e. The van der Waals surface area contributed by atoms with Crippen LogP contribution >= 0.6 is 0 Å². The summed E-state index contributed by atoms with van der Waals surface area (Å²) in [5.41, 5.74) is 3.56. The minimum Gasteiger partial charge on any atom is -0.388 e. The second kappa shape index (κ2) is 10.0. The van der Waals surface area contributed by atoms with E-state index in [0.717, 1.165) is 50.1 Å². The summed E-state index contributed by atoms with van der Waals surface area (Å²) in [5, 5.41) is 14.2. The Bertz CT molecular complexity index is 1050. The number of rotatable bonds is 7. The number of nitrogens with one attached hydrogen (secondary N) is 1. The van der Waals surface area contributed by atoms with Crippen molar-refractivity contribution in [3.63, 3.8) is 0 Å². The molecule has 0 spiro atoms. The number of nitrogens with zero attached hydrogens (tertiary/aromatic N) is 2. The van der Waals surface area contributed by atoms with Gasteiger partial charge in [-0.05, 0) is 80.6 Å². The molecule has 2 aliphatic heterocycles. The van der Waals surface area contributed by atoms with Crippen LogP contribution in [0.5, 0.6) is 0 Å². The van der Waals surface area contributed by atoms with Crippen LogP contribution in [0.4, 0.5) is 11.4 Å². The zero-order chi connectivity index (χ0) is 23.6. The van der Waals surface area contributed by atoms with E-state index >= 15 is 0 Å². The fourth-order valence-corrected chi connectivity index (χ4v) is 6.62. The van der Waals surface area contributed by atoms with Gasteiger partial charge in [-0.3, -0.25) is 4.31 Å². The maximum atomic E-state index is 13.8. The van der Waals surface area contributed by atoms with Gasteiger partial charge >= 0.3 is 0 Å². The summed E-state index contributed by atoms with van der Waals surface area (Å²) >= 11 is 0. The molecule has 0 amide bonds. The van der Waals surface area contributed by atoms with Gasteiger partial charge in [0, 0.05) is 30.4 Å². The van der Waals surface area contributed by atoms with Gasteiger partial charge in [-0.25, -0.2) is 8.42 Å². The van der Waals surface area contributed by atoms with Crippen molar-refractivity contribution < 1.29 is 13.5 Å². The summed E-state index contributed by atoms with van der Waals surface area (Å²) < 4.78 is 29.2. The number of benzene rings is 2. The first-order valence-corrected chi connectivity index (χ1v) is 13.7. The Morgan fingerprint density at radius 2 is 1.79 bits per heavy atom. The minimum atomic E-state index is -3.77. The van der Waals surface area contributed by atoms with E-state index < -0.39 is 16.1 Å². The molecule has 7 heteroatoms. The van der Waals surface area contributed by atoms with Crippen molar-refractivity contribution in [2.24, 2.45) is 5.92 Å². The third-order valence-corrected chi connectivity index (χ3v) is 8.60. The lowest BCUT2D eigenvalue weighted by Crippen LogP contribution is -2.46. The van der Waals surface area contributed by atoms with Crippen molar-refractivity contribution in [3.05, 3.63) is 53.6 Å². The van der Waals surface area contributed by atoms with Crippen molar-refractivity contribution in [2.75, 3.05) is 35.4 Å². The van der Waals surface area contributed by atoms with Crippen molar-refractivity contribution in [2.45, 2.75) is 63.5 Å². The average Bonchev–Trinajstić information content (AvgIpc) is 2.83. The zero-order valence-electron chi connectivity index (χ0n) is 20.0. The maximum Gasteiger partial charge on any atom is 0.264 e. The largest absolute Gasteiger partial charge is 0.388 e. The molecule has 2 heterocycles. The van der Waals surface area contributed by atoms with Gasteiger partial charge in [0.05, 0.1) is 16.7 Å². The highest BCUT2D eigenvalue weighted by Crippen LogP contribution is 2.38. The number of piperidine rings is 1. The molecule has 0 aliphatic carbocycles. The molecule has 180 valence electrons. The lowest BCUT2D eigenvalue weighted by atomic mass is 9.94. The predicted molar refractivity (Wildman–Crippen MR) is 134 cm³/mol. The number of aliphatic hydroxyl groups excluding tert-OH is 1. The van der Waals surface area contributed by atoms with Gasteiger partial charge in [0.15, 0.2) is 0 Å². The molecule has 2 aliphatic rings. The van der Waals surface area contributed by atoms with Crippen LogP contribution in [0.15, 0.2) is 47.4 Å². The number of anilines is 2. The molecule has 0 aromatic heterocycles. The Balaban J connectivity index is 1.70. The molecule has 0 bridgehead atoms. The Morgan fingerprint density at radius 3 is 2.42 bits per heavy atom. The average molecular weight is 472 g/mol. The number of hydrogen-bond acceptors (Lipinski definition) is 5. The molecule has 33 heavy (non-hydrogen) atoms. The SMILES string of the molecule is CCc1ccc(N(CC(C)C)S(=O)(=O)c2ccc3c(c2)C(O)CCN3C2CCNCC2)cc1. The highest BCUT2D eigenvalue weighted by atomic mass is 32.2. The standard InChI is InChI=1S/C26H37N3O3S/c1-4-20-5-7-22(8-6-20)29(18-19(2)3)33(31,32)23-9-10-25-24(17-23)26(30)13-16-28(25)21-11-14-27-15-12-21/h5-10,17,19,21,26-27,30H,4,11-16,18H2,1-3H3. The van der Waals surface area contributed by atoms with Crippen LogP contribution < -0.4 is 14.5 Å². The number of aryl methyl sites for hydroxylation is 1. The van der Waals surface area contributed by atoms with Crippen molar-refractivity contribution >= 4 is 21.4 Å². The minimum absolute atomic E-state index is 0.171. The van der Waals surface area contributed by atoms with Crippen LogP contribution in [0.3, 0.4) is 0 Å². The fraction of sp³-hybridized carbons (Fsp3) is 0.538. The van der Waals surface area contributed by atoms with Gasteiger partial charge in [-0.15, -0.1) is 0 Å². The van der Waals surface area contributed by atoms with E-state index in [9.17, 15) is 13.5 Å². The topological polar surface area (TPSA) is 72.9 Å². The second-order valence-electron chi connectivity index (χ2n) is 9.65. The van der Waals surface area contributed by atoms with E-state index in [0.29, 0.717) is 24.7 Å². The molecule has 0 saturated carbocycles. The van der Waals surface area contributed by atoms with Crippen LogP contribution in [0.1, 0.15) is 57.3 Å². The van der Waals surface area contributed by atoms with Gasteiger partial charge in [0.1, 0.15) is 0 Å². The molecule has 1 unspecified atom stereocenters. The third kappa shape index (κ3) is 5.05. The Labute approximate surface area is 198 Å². The summed E-state index contributed by atoms with van der Waals surface area (Å²) in [6.07, 6.45) is 3.01. The second-order valence-corrected chi connectivity index (χ2v) is 11.5. The lowest BCUT2D eigenvalue weighted by Gasteiger charge is -2.41. The summed E-state index contributed by atoms with van der Waals surface area (Å²) in [4.78, 5) is 2.61. The third-order valence-electron chi connectivity index (χ3n) is 6.81. The molecule has 2 aromatic rings.